The molecule has 0 aliphatic carbocycles. The fraction of sp³-hybridized carbons (Fsp3) is 0.130. The molecule has 1 unspecified atom stereocenters. The van der Waals surface area contributed by atoms with Crippen molar-refractivity contribution in [1.29, 1.82) is 0 Å². The maximum atomic E-state index is 13.1. The van der Waals surface area contributed by atoms with Crippen molar-refractivity contribution in [3.63, 3.8) is 0 Å². The number of amides is 1. The Morgan fingerprint density at radius 1 is 0.852 bits per heavy atom. The third-order valence-electron chi connectivity index (χ3n) is 4.83. The lowest BCUT2D eigenvalue weighted by Gasteiger charge is -2.23. The molecule has 0 saturated heterocycles. The summed E-state index contributed by atoms with van der Waals surface area (Å²) in [5.41, 5.74) is 3.95. The SMILES string of the molecule is CC(C(=O)NC(c1ccccc1)c1ccccc1)n1cnc2ccccc21. The summed E-state index contributed by atoms with van der Waals surface area (Å²) in [6.45, 7) is 1.90. The molecule has 1 aromatic heterocycles. The van der Waals surface area contributed by atoms with Gasteiger partial charge in [0, 0.05) is 0 Å². The van der Waals surface area contributed by atoms with Crippen LogP contribution in [-0.2, 0) is 4.79 Å². The number of hydrogen-bond acceptors (Lipinski definition) is 2. The van der Waals surface area contributed by atoms with Crippen LogP contribution in [0.3, 0.4) is 0 Å². The highest BCUT2D eigenvalue weighted by atomic mass is 16.2. The molecule has 4 aromatic rings. The molecule has 0 aliphatic rings. The van der Waals surface area contributed by atoms with E-state index >= 15 is 0 Å². The first-order chi connectivity index (χ1) is 13.2. The lowest BCUT2D eigenvalue weighted by molar-refractivity contribution is -0.124. The number of benzene rings is 3. The Morgan fingerprint density at radius 3 is 2.04 bits per heavy atom. The van der Waals surface area contributed by atoms with Crippen LogP contribution in [0, 0.1) is 0 Å². The highest BCUT2D eigenvalue weighted by Crippen LogP contribution is 2.24. The molecule has 4 nitrogen and oxygen atoms in total. The van der Waals surface area contributed by atoms with Gasteiger partial charge in [-0.15, -0.1) is 0 Å². The van der Waals surface area contributed by atoms with Gasteiger partial charge in [-0.1, -0.05) is 72.8 Å². The van der Waals surface area contributed by atoms with Crippen LogP contribution >= 0.6 is 0 Å². The van der Waals surface area contributed by atoms with Gasteiger partial charge < -0.3 is 9.88 Å². The second kappa shape index (κ2) is 7.46. The van der Waals surface area contributed by atoms with Gasteiger partial charge in [-0.3, -0.25) is 4.79 Å². The summed E-state index contributed by atoms with van der Waals surface area (Å²) in [5.74, 6) is -0.0455. The minimum Gasteiger partial charge on any atom is -0.343 e. The average molecular weight is 355 g/mol. The molecular formula is C23H21N3O. The molecule has 0 radical (unpaired) electrons. The molecule has 0 bridgehead atoms. The van der Waals surface area contributed by atoms with E-state index in [4.69, 9.17) is 0 Å². The first-order valence-corrected chi connectivity index (χ1v) is 9.06. The highest BCUT2D eigenvalue weighted by molar-refractivity contribution is 5.84. The van der Waals surface area contributed by atoms with Crippen molar-refractivity contribution in [3.05, 3.63) is 102 Å². The number of carbonyl (C=O) groups excluding carboxylic acids is 1. The quantitative estimate of drug-likeness (QED) is 0.573. The van der Waals surface area contributed by atoms with Gasteiger partial charge in [0.25, 0.3) is 0 Å². The zero-order valence-electron chi connectivity index (χ0n) is 15.1. The highest BCUT2D eigenvalue weighted by Gasteiger charge is 2.22. The number of para-hydroxylation sites is 2. The van der Waals surface area contributed by atoms with Crippen LogP contribution in [0.5, 0.6) is 0 Å². The summed E-state index contributed by atoms with van der Waals surface area (Å²) >= 11 is 0. The van der Waals surface area contributed by atoms with Crippen LogP contribution in [-0.4, -0.2) is 15.5 Å². The summed E-state index contributed by atoms with van der Waals surface area (Å²) in [6, 6.07) is 27.3. The molecule has 0 fully saturated rings. The molecule has 0 aliphatic heterocycles. The topological polar surface area (TPSA) is 46.9 Å². The van der Waals surface area contributed by atoms with Gasteiger partial charge in [-0.05, 0) is 30.2 Å². The molecule has 1 amide bonds. The molecule has 4 heteroatoms. The Hall–Kier alpha value is -3.40. The molecule has 1 atom stereocenters. The van der Waals surface area contributed by atoms with Crippen molar-refractivity contribution in [3.8, 4) is 0 Å². The van der Waals surface area contributed by atoms with E-state index in [0.717, 1.165) is 22.2 Å². The Balaban J connectivity index is 1.64. The number of nitrogens with zero attached hydrogens (tertiary/aromatic N) is 2. The molecule has 0 spiro atoms. The number of nitrogens with one attached hydrogen (secondary N) is 1. The van der Waals surface area contributed by atoms with Crippen LogP contribution < -0.4 is 5.32 Å². The van der Waals surface area contributed by atoms with E-state index in [9.17, 15) is 4.79 Å². The lowest BCUT2D eigenvalue weighted by atomic mass is 9.98. The Bertz CT molecular complexity index is 1000. The molecule has 3 aromatic carbocycles. The van der Waals surface area contributed by atoms with E-state index < -0.39 is 0 Å². The van der Waals surface area contributed by atoms with Crippen LogP contribution in [0.4, 0.5) is 0 Å². The molecule has 4 rings (SSSR count). The van der Waals surface area contributed by atoms with Gasteiger partial charge in [0.15, 0.2) is 0 Å². The zero-order chi connectivity index (χ0) is 18.6. The predicted molar refractivity (Wildman–Crippen MR) is 107 cm³/mol. The van der Waals surface area contributed by atoms with Crippen molar-refractivity contribution >= 4 is 16.9 Å². The molecule has 1 heterocycles. The lowest BCUT2D eigenvalue weighted by Crippen LogP contribution is -2.34. The Labute approximate surface area is 158 Å². The smallest absolute Gasteiger partial charge is 0.243 e. The number of imidazole rings is 1. The van der Waals surface area contributed by atoms with Crippen LogP contribution in [0.2, 0.25) is 0 Å². The van der Waals surface area contributed by atoms with Crippen molar-refractivity contribution < 1.29 is 4.79 Å². The zero-order valence-corrected chi connectivity index (χ0v) is 15.1. The first-order valence-electron chi connectivity index (χ1n) is 9.06. The number of aromatic nitrogens is 2. The van der Waals surface area contributed by atoms with Gasteiger partial charge in [0.2, 0.25) is 5.91 Å². The normalized spacial score (nSPS) is 12.2. The van der Waals surface area contributed by atoms with Crippen LogP contribution in [0.15, 0.2) is 91.3 Å². The molecule has 0 saturated carbocycles. The number of rotatable bonds is 5. The van der Waals surface area contributed by atoms with E-state index in [1.54, 1.807) is 6.33 Å². The van der Waals surface area contributed by atoms with Gasteiger partial charge in [0.1, 0.15) is 6.04 Å². The summed E-state index contributed by atoms with van der Waals surface area (Å²) in [5, 5.41) is 3.21. The molecular weight excluding hydrogens is 334 g/mol. The third kappa shape index (κ3) is 3.47. The minimum absolute atomic E-state index is 0.0455. The number of fused-ring (bicyclic) bond motifs is 1. The fourth-order valence-corrected chi connectivity index (χ4v) is 3.33. The van der Waals surface area contributed by atoms with Gasteiger partial charge in [-0.25, -0.2) is 4.98 Å². The summed E-state index contributed by atoms with van der Waals surface area (Å²) < 4.78 is 1.91. The van der Waals surface area contributed by atoms with Gasteiger partial charge in [0.05, 0.1) is 23.4 Å². The van der Waals surface area contributed by atoms with E-state index in [1.165, 1.54) is 0 Å². The van der Waals surface area contributed by atoms with E-state index in [2.05, 4.69) is 10.3 Å². The predicted octanol–water partition coefficient (Wildman–Crippen LogP) is 4.50. The second-order valence-corrected chi connectivity index (χ2v) is 6.58. The summed E-state index contributed by atoms with van der Waals surface area (Å²) in [4.78, 5) is 17.5. The van der Waals surface area contributed by atoms with Gasteiger partial charge in [-0.2, -0.15) is 0 Å². The average Bonchev–Trinajstić information content (AvgIpc) is 3.16. The van der Waals surface area contributed by atoms with E-state index in [1.807, 2.05) is 96.4 Å². The summed E-state index contributed by atoms with van der Waals surface area (Å²) in [6.07, 6.45) is 1.73. The Kier molecular flexibility index (Phi) is 4.71. The Morgan fingerprint density at radius 2 is 1.41 bits per heavy atom. The molecule has 1 N–H and O–H groups in total. The largest absolute Gasteiger partial charge is 0.343 e. The number of hydrogen-bond donors (Lipinski definition) is 1. The number of carbonyl (C=O) groups is 1. The maximum Gasteiger partial charge on any atom is 0.243 e. The van der Waals surface area contributed by atoms with E-state index in [0.29, 0.717) is 0 Å². The first kappa shape index (κ1) is 17.0. The minimum atomic E-state index is -0.368. The van der Waals surface area contributed by atoms with Crippen LogP contribution in [0.1, 0.15) is 30.1 Å². The van der Waals surface area contributed by atoms with Crippen molar-refractivity contribution in [2.45, 2.75) is 19.0 Å². The standard InChI is InChI=1S/C23H21N3O/c1-17(26-16-24-20-14-8-9-15-21(20)26)23(27)25-22(18-10-4-2-5-11-18)19-12-6-3-7-13-19/h2-17,22H,1H3,(H,25,27). The maximum absolute atomic E-state index is 13.1. The van der Waals surface area contributed by atoms with Crippen molar-refractivity contribution in [1.82, 2.24) is 14.9 Å². The van der Waals surface area contributed by atoms with E-state index in [-0.39, 0.29) is 18.0 Å². The monoisotopic (exact) mass is 355 g/mol. The van der Waals surface area contributed by atoms with Gasteiger partial charge >= 0.3 is 0 Å². The van der Waals surface area contributed by atoms with Crippen LogP contribution in [0.25, 0.3) is 11.0 Å². The van der Waals surface area contributed by atoms with Crippen molar-refractivity contribution in [2.75, 3.05) is 0 Å². The third-order valence-corrected chi connectivity index (χ3v) is 4.83. The second-order valence-electron chi connectivity index (χ2n) is 6.58. The van der Waals surface area contributed by atoms with Crippen molar-refractivity contribution in [2.24, 2.45) is 0 Å². The molecule has 134 valence electrons. The fourth-order valence-electron chi connectivity index (χ4n) is 3.33. The molecule has 27 heavy (non-hydrogen) atoms. The summed E-state index contributed by atoms with van der Waals surface area (Å²) in [7, 11) is 0.